The summed E-state index contributed by atoms with van der Waals surface area (Å²) in [5, 5.41) is 21.6. The molecule has 196 valence electrons. The molecule has 3 N–H and O–H groups in total. The summed E-state index contributed by atoms with van der Waals surface area (Å²) < 4.78 is 33.2. The number of hydrogen-bond donors (Lipinski definition) is 3. The Kier molecular flexibility index (Phi) is 9.60. The first-order valence-corrected chi connectivity index (χ1v) is 12.7. The topological polar surface area (TPSA) is 150 Å². The smallest absolute Gasteiger partial charge is 0.407 e. The van der Waals surface area contributed by atoms with Gasteiger partial charge in [0, 0.05) is 19.5 Å². The van der Waals surface area contributed by atoms with E-state index in [0.29, 0.717) is 11.1 Å². The van der Waals surface area contributed by atoms with Crippen molar-refractivity contribution in [2.24, 2.45) is 0 Å². The molecule has 0 aliphatic rings. The molecular weight excluding hydrogens is 488 g/mol. The SMILES string of the molecule is Cc1ccc(S(=O)(=O)N(Cc2ccccc2CNC(=O)OC(C)(C)C)[C@@H](CCC(=O)O)C(=O)O)cc1. The van der Waals surface area contributed by atoms with E-state index in [1.54, 1.807) is 64.1 Å². The van der Waals surface area contributed by atoms with E-state index in [1.165, 1.54) is 12.1 Å². The third-order valence-corrected chi connectivity index (χ3v) is 7.03. The highest BCUT2D eigenvalue weighted by molar-refractivity contribution is 7.89. The van der Waals surface area contributed by atoms with Gasteiger partial charge in [-0.05, 0) is 57.4 Å². The van der Waals surface area contributed by atoms with Crippen molar-refractivity contribution in [3.05, 3.63) is 65.2 Å². The highest BCUT2D eigenvalue weighted by Crippen LogP contribution is 2.25. The van der Waals surface area contributed by atoms with Gasteiger partial charge in [0.05, 0.1) is 4.90 Å². The average Bonchev–Trinajstić information content (AvgIpc) is 2.76. The van der Waals surface area contributed by atoms with Gasteiger partial charge in [-0.25, -0.2) is 13.2 Å². The van der Waals surface area contributed by atoms with Crippen molar-refractivity contribution in [2.45, 2.75) is 70.2 Å². The molecule has 0 bridgehead atoms. The van der Waals surface area contributed by atoms with Gasteiger partial charge in [0.15, 0.2) is 0 Å². The van der Waals surface area contributed by atoms with Crippen molar-refractivity contribution in [3.63, 3.8) is 0 Å². The molecule has 0 spiro atoms. The quantitative estimate of drug-likeness (QED) is 0.407. The lowest BCUT2D eigenvalue weighted by Gasteiger charge is -2.29. The Hall–Kier alpha value is -3.44. The van der Waals surface area contributed by atoms with E-state index in [0.717, 1.165) is 9.87 Å². The maximum absolute atomic E-state index is 13.6. The standard InChI is InChI=1S/C25H32N2O8S/c1-17-9-11-20(12-10-17)36(33,34)27(21(23(30)31)13-14-22(28)29)16-19-8-6-5-7-18(19)15-26-24(32)35-25(2,3)4/h5-12,21H,13-16H2,1-4H3,(H,26,32)(H,28,29)(H,30,31)/t21-/m0/s1. The van der Waals surface area contributed by atoms with Crippen molar-refractivity contribution >= 4 is 28.1 Å². The molecule has 2 aromatic rings. The second-order valence-electron chi connectivity index (χ2n) is 9.27. The third kappa shape index (κ3) is 8.35. The number of alkyl carbamates (subject to hydrolysis) is 1. The van der Waals surface area contributed by atoms with Crippen LogP contribution in [0, 0.1) is 6.92 Å². The molecule has 0 fully saturated rings. The van der Waals surface area contributed by atoms with Gasteiger partial charge in [0.1, 0.15) is 11.6 Å². The first-order chi connectivity index (χ1) is 16.7. The van der Waals surface area contributed by atoms with Gasteiger partial charge in [-0.2, -0.15) is 4.31 Å². The molecule has 0 saturated carbocycles. The van der Waals surface area contributed by atoms with Crippen LogP contribution in [0.4, 0.5) is 4.79 Å². The second-order valence-corrected chi connectivity index (χ2v) is 11.2. The van der Waals surface area contributed by atoms with Gasteiger partial charge in [0.25, 0.3) is 0 Å². The molecule has 11 heteroatoms. The molecule has 0 unspecified atom stereocenters. The molecule has 2 rings (SSSR count). The lowest BCUT2D eigenvalue weighted by molar-refractivity contribution is -0.142. The zero-order valence-electron chi connectivity index (χ0n) is 20.7. The van der Waals surface area contributed by atoms with Gasteiger partial charge in [-0.15, -0.1) is 0 Å². The molecule has 0 aliphatic carbocycles. The van der Waals surface area contributed by atoms with Gasteiger partial charge >= 0.3 is 18.0 Å². The second kappa shape index (κ2) is 12.0. The molecule has 0 radical (unpaired) electrons. The minimum absolute atomic E-state index is 0.0103. The first kappa shape index (κ1) is 28.8. The number of carboxylic acid groups (broad SMARTS) is 2. The summed E-state index contributed by atoms with van der Waals surface area (Å²) in [5.74, 6) is -2.70. The van der Waals surface area contributed by atoms with Gasteiger partial charge < -0.3 is 20.3 Å². The van der Waals surface area contributed by atoms with E-state index in [4.69, 9.17) is 9.84 Å². The summed E-state index contributed by atoms with van der Waals surface area (Å²) >= 11 is 0. The van der Waals surface area contributed by atoms with Gasteiger partial charge in [-0.1, -0.05) is 42.0 Å². The summed E-state index contributed by atoms with van der Waals surface area (Å²) in [6.07, 6.45) is -1.61. The zero-order chi connectivity index (χ0) is 27.1. The summed E-state index contributed by atoms with van der Waals surface area (Å²) in [7, 11) is -4.33. The molecule has 1 amide bonds. The monoisotopic (exact) mass is 520 g/mol. The molecule has 1 atom stereocenters. The molecule has 0 heterocycles. The number of carbonyl (C=O) groups is 3. The van der Waals surface area contributed by atoms with Crippen molar-refractivity contribution in [2.75, 3.05) is 0 Å². The van der Waals surface area contributed by atoms with Gasteiger partial charge in [-0.3, -0.25) is 9.59 Å². The van der Waals surface area contributed by atoms with Gasteiger partial charge in [0.2, 0.25) is 10.0 Å². The third-order valence-electron chi connectivity index (χ3n) is 5.16. The number of sulfonamides is 1. The van der Waals surface area contributed by atoms with Crippen LogP contribution in [-0.2, 0) is 37.4 Å². The summed E-state index contributed by atoms with van der Waals surface area (Å²) in [5.41, 5.74) is 1.11. The Morgan fingerprint density at radius 2 is 1.58 bits per heavy atom. The lowest BCUT2D eigenvalue weighted by atomic mass is 10.1. The number of nitrogens with zero attached hydrogens (tertiary/aromatic N) is 1. The fourth-order valence-electron chi connectivity index (χ4n) is 3.39. The van der Waals surface area contributed by atoms with E-state index in [-0.39, 0.29) is 18.0 Å². The Bertz CT molecular complexity index is 1190. The maximum Gasteiger partial charge on any atom is 0.407 e. The molecule has 0 aliphatic heterocycles. The molecule has 36 heavy (non-hydrogen) atoms. The average molecular weight is 521 g/mol. The number of rotatable bonds is 11. The lowest BCUT2D eigenvalue weighted by Crippen LogP contribution is -2.45. The van der Waals surface area contributed by atoms with Crippen LogP contribution in [0.25, 0.3) is 0 Å². The number of nitrogens with one attached hydrogen (secondary N) is 1. The van der Waals surface area contributed by atoms with Crippen molar-refractivity contribution in [1.82, 2.24) is 9.62 Å². The normalized spacial score (nSPS) is 12.7. The molecular formula is C25H32N2O8S. The Morgan fingerprint density at radius 3 is 2.11 bits per heavy atom. The number of aliphatic carboxylic acids is 2. The van der Waals surface area contributed by atoms with Crippen molar-refractivity contribution in [3.8, 4) is 0 Å². The predicted molar refractivity (Wildman–Crippen MR) is 132 cm³/mol. The fraction of sp³-hybridized carbons (Fsp3) is 0.400. The number of benzene rings is 2. The minimum Gasteiger partial charge on any atom is -0.481 e. The Balaban J connectivity index is 2.45. The van der Waals surface area contributed by atoms with Crippen LogP contribution in [0.1, 0.15) is 50.3 Å². The van der Waals surface area contributed by atoms with E-state index in [9.17, 15) is 27.9 Å². The predicted octanol–water partition coefficient (Wildman–Crippen LogP) is 3.53. The maximum atomic E-state index is 13.6. The fourth-order valence-corrected chi connectivity index (χ4v) is 4.98. The molecule has 0 aromatic heterocycles. The summed E-state index contributed by atoms with van der Waals surface area (Å²) in [6.45, 7) is 6.61. The Labute approximate surface area is 210 Å². The van der Waals surface area contributed by atoms with Crippen molar-refractivity contribution in [1.29, 1.82) is 0 Å². The number of ether oxygens (including phenoxy) is 1. The largest absolute Gasteiger partial charge is 0.481 e. The van der Waals surface area contributed by atoms with Crippen LogP contribution in [-0.4, -0.2) is 52.6 Å². The van der Waals surface area contributed by atoms with Crippen molar-refractivity contribution < 1.29 is 37.8 Å². The first-order valence-electron chi connectivity index (χ1n) is 11.3. The highest BCUT2D eigenvalue weighted by Gasteiger charge is 2.36. The number of amides is 1. The molecule has 0 saturated heterocycles. The number of aryl methyl sites for hydroxylation is 1. The van der Waals surface area contributed by atoms with E-state index in [2.05, 4.69) is 5.32 Å². The summed E-state index contributed by atoms with van der Waals surface area (Å²) in [4.78, 5) is 35.3. The minimum atomic E-state index is -4.33. The van der Waals surface area contributed by atoms with Crippen LogP contribution < -0.4 is 5.32 Å². The molecule has 10 nitrogen and oxygen atoms in total. The van der Waals surface area contributed by atoms with E-state index in [1.807, 2.05) is 0 Å². The number of carboxylic acids is 2. The zero-order valence-corrected chi connectivity index (χ0v) is 21.5. The number of carbonyl (C=O) groups excluding carboxylic acids is 1. The van der Waals surface area contributed by atoms with E-state index < -0.39 is 52.5 Å². The van der Waals surface area contributed by atoms with Crippen LogP contribution in [0.15, 0.2) is 53.4 Å². The molecule has 2 aromatic carbocycles. The Morgan fingerprint density at radius 1 is 1.00 bits per heavy atom. The van der Waals surface area contributed by atoms with E-state index >= 15 is 0 Å². The number of hydrogen-bond acceptors (Lipinski definition) is 6. The highest BCUT2D eigenvalue weighted by atomic mass is 32.2. The van der Waals surface area contributed by atoms with Crippen LogP contribution >= 0.6 is 0 Å². The van der Waals surface area contributed by atoms with Crippen LogP contribution in [0.2, 0.25) is 0 Å². The summed E-state index contributed by atoms with van der Waals surface area (Å²) in [6, 6.07) is 11.0. The van der Waals surface area contributed by atoms with Crippen LogP contribution in [0.3, 0.4) is 0 Å². The van der Waals surface area contributed by atoms with Crippen LogP contribution in [0.5, 0.6) is 0 Å².